The molecule has 0 amide bonds. The molecule has 0 saturated heterocycles. The van der Waals surface area contributed by atoms with Gasteiger partial charge in [0, 0.05) is 29.9 Å². The number of allylic oxidation sites excluding steroid dienone is 4. The number of benzene rings is 2. The fourth-order valence-electron chi connectivity index (χ4n) is 5.36. The highest BCUT2D eigenvalue weighted by molar-refractivity contribution is 5.82. The average Bonchev–Trinajstić information content (AvgIpc) is 3.88. The van der Waals surface area contributed by atoms with E-state index in [0.29, 0.717) is 29.8 Å². The number of alkyl halides is 3. The number of carbonyl (C=O) groups excluding carboxylic acids is 1. The Labute approximate surface area is 242 Å². The summed E-state index contributed by atoms with van der Waals surface area (Å²) in [7, 11) is 1.25. The van der Waals surface area contributed by atoms with Gasteiger partial charge in [-0.3, -0.25) is 9.78 Å². The zero-order chi connectivity index (χ0) is 30.1. The van der Waals surface area contributed by atoms with Gasteiger partial charge >= 0.3 is 6.18 Å². The van der Waals surface area contributed by atoms with Crippen molar-refractivity contribution in [1.29, 1.82) is 0 Å². The summed E-state index contributed by atoms with van der Waals surface area (Å²) in [5.74, 6) is -0.0576. The van der Waals surface area contributed by atoms with Crippen LogP contribution in [0.2, 0.25) is 0 Å². The predicted molar refractivity (Wildman–Crippen MR) is 152 cm³/mol. The molecule has 9 heteroatoms. The molecule has 5 nitrogen and oxygen atoms in total. The van der Waals surface area contributed by atoms with Crippen molar-refractivity contribution in [3.63, 3.8) is 0 Å². The molecular weight excluding hydrogens is 548 g/mol. The highest BCUT2D eigenvalue weighted by Crippen LogP contribution is 2.63. The van der Waals surface area contributed by atoms with E-state index in [1.54, 1.807) is 30.5 Å². The maximum absolute atomic E-state index is 15.1. The number of ether oxygens (including phenoxy) is 2. The van der Waals surface area contributed by atoms with Crippen LogP contribution in [0.25, 0.3) is 22.3 Å². The summed E-state index contributed by atoms with van der Waals surface area (Å²) in [5, 5.41) is 0. The first-order valence-corrected chi connectivity index (χ1v) is 14.3. The van der Waals surface area contributed by atoms with Gasteiger partial charge in [-0.25, -0.2) is 9.37 Å². The molecule has 0 atom stereocenters. The van der Waals surface area contributed by atoms with E-state index in [-0.39, 0.29) is 42.8 Å². The van der Waals surface area contributed by atoms with Gasteiger partial charge in [-0.2, -0.15) is 13.2 Å². The molecule has 42 heavy (non-hydrogen) atoms. The summed E-state index contributed by atoms with van der Waals surface area (Å²) in [4.78, 5) is 22.0. The number of ketones is 1. The zero-order valence-corrected chi connectivity index (χ0v) is 24.0. The first-order valence-electron chi connectivity index (χ1n) is 14.3. The Kier molecular flexibility index (Phi) is 8.14. The first-order chi connectivity index (χ1) is 20.0. The number of carbonyl (C=O) groups is 1. The van der Waals surface area contributed by atoms with Crippen LogP contribution in [0.1, 0.15) is 57.1 Å². The normalized spacial score (nSPS) is 16.9. The van der Waals surface area contributed by atoms with Gasteiger partial charge in [-0.1, -0.05) is 37.6 Å². The molecule has 2 aromatic carbocycles. The van der Waals surface area contributed by atoms with E-state index in [9.17, 15) is 18.0 Å². The van der Waals surface area contributed by atoms with Crippen LogP contribution in [0.15, 0.2) is 60.5 Å². The third-order valence-electron chi connectivity index (χ3n) is 8.10. The summed E-state index contributed by atoms with van der Waals surface area (Å²) >= 11 is 0. The van der Waals surface area contributed by atoms with Crippen molar-refractivity contribution >= 4 is 16.8 Å². The first kappa shape index (κ1) is 29.7. The topological polar surface area (TPSA) is 61.3 Å². The maximum atomic E-state index is 15.1. The number of aryl methyl sites for hydroxylation is 1. The van der Waals surface area contributed by atoms with E-state index in [0.717, 1.165) is 29.7 Å². The molecule has 3 aromatic rings. The monoisotopic (exact) mass is 582 g/mol. The molecule has 0 bridgehead atoms. The number of hydrogen-bond acceptors (Lipinski definition) is 5. The van der Waals surface area contributed by atoms with Crippen molar-refractivity contribution < 1.29 is 31.8 Å². The Morgan fingerprint density at radius 1 is 1.07 bits per heavy atom. The minimum absolute atomic E-state index is 0.000553. The molecule has 2 aliphatic rings. The van der Waals surface area contributed by atoms with Crippen LogP contribution >= 0.6 is 0 Å². The Morgan fingerprint density at radius 2 is 1.83 bits per heavy atom. The molecule has 1 saturated carbocycles. The molecular formula is C33H34F4N2O3. The van der Waals surface area contributed by atoms with Crippen molar-refractivity contribution in [2.24, 2.45) is 10.8 Å². The van der Waals surface area contributed by atoms with Crippen molar-refractivity contribution in [3.05, 3.63) is 77.5 Å². The molecule has 222 valence electrons. The van der Waals surface area contributed by atoms with Gasteiger partial charge in [0.2, 0.25) is 0 Å². The van der Waals surface area contributed by atoms with E-state index < -0.39 is 22.8 Å². The van der Waals surface area contributed by atoms with Crippen molar-refractivity contribution in [3.8, 4) is 17.0 Å². The summed E-state index contributed by atoms with van der Waals surface area (Å²) < 4.78 is 66.8. The second kappa shape index (κ2) is 11.5. The molecule has 0 radical (unpaired) electrons. The Bertz CT molecular complexity index is 1550. The third-order valence-corrected chi connectivity index (χ3v) is 8.10. The van der Waals surface area contributed by atoms with Crippen LogP contribution in [0.4, 0.5) is 17.6 Å². The largest absolute Gasteiger partial charge is 0.500 e. The SMILES string of the molecule is CCCc1cc2ncc(-c3ccc(CC(=O)CCC4(/C=C(\OC)C5(C(F)(F)F)CC5)C=C4)c(F)c3)nc2cc1OCC. The van der Waals surface area contributed by atoms with E-state index in [4.69, 9.17) is 9.47 Å². The summed E-state index contributed by atoms with van der Waals surface area (Å²) in [6.45, 7) is 4.55. The summed E-state index contributed by atoms with van der Waals surface area (Å²) in [5.41, 5.74) is 1.10. The van der Waals surface area contributed by atoms with Gasteiger partial charge < -0.3 is 9.47 Å². The number of nitrogens with zero attached hydrogens (tertiary/aromatic N) is 2. The number of aromatic nitrogens is 2. The van der Waals surface area contributed by atoms with Gasteiger partial charge in [-0.15, -0.1) is 0 Å². The molecule has 1 fully saturated rings. The standard InChI is InChI=1S/C33H34F4N2O3/c1-4-6-23-17-26-27(18-29(23)42-5-2)39-28(20-38-26)22-8-7-21(25(34)16-22)15-24(40)9-10-31(11-12-31)19-30(41-3)32(13-14-32)33(35,36)37/h7-8,11-12,16-20H,4-6,9-10,13-15H2,1-3H3/b30-19-. The number of hydrogen-bond donors (Lipinski definition) is 0. The van der Waals surface area contributed by atoms with E-state index in [1.165, 1.54) is 19.3 Å². The van der Waals surface area contributed by atoms with E-state index in [1.807, 2.05) is 19.1 Å². The lowest BCUT2D eigenvalue weighted by molar-refractivity contribution is -0.184. The van der Waals surface area contributed by atoms with Crippen LogP contribution in [-0.4, -0.2) is 35.6 Å². The third kappa shape index (κ3) is 6.05. The van der Waals surface area contributed by atoms with Crippen LogP contribution in [0.5, 0.6) is 5.75 Å². The average molecular weight is 583 g/mol. The Balaban J connectivity index is 1.25. The number of fused-ring (bicyclic) bond motifs is 1. The molecule has 0 aliphatic heterocycles. The second-order valence-corrected chi connectivity index (χ2v) is 11.1. The molecule has 1 heterocycles. The molecule has 0 unspecified atom stereocenters. The van der Waals surface area contributed by atoms with E-state index >= 15 is 4.39 Å². The van der Waals surface area contributed by atoms with Crippen molar-refractivity contribution in [2.45, 2.75) is 65.0 Å². The Morgan fingerprint density at radius 3 is 2.43 bits per heavy atom. The van der Waals surface area contributed by atoms with Gasteiger partial charge in [0.15, 0.2) is 0 Å². The highest BCUT2D eigenvalue weighted by Gasteiger charge is 2.67. The minimum atomic E-state index is -4.38. The van der Waals surface area contributed by atoms with Crippen molar-refractivity contribution in [1.82, 2.24) is 9.97 Å². The van der Waals surface area contributed by atoms with Crippen LogP contribution in [0.3, 0.4) is 0 Å². The number of rotatable bonds is 13. The smallest absolute Gasteiger partial charge is 0.401 e. The van der Waals surface area contributed by atoms with Gasteiger partial charge in [0.25, 0.3) is 0 Å². The second-order valence-electron chi connectivity index (χ2n) is 11.1. The maximum Gasteiger partial charge on any atom is 0.401 e. The van der Waals surface area contributed by atoms with Crippen LogP contribution in [-0.2, 0) is 22.4 Å². The fourth-order valence-corrected chi connectivity index (χ4v) is 5.36. The van der Waals surface area contributed by atoms with Gasteiger partial charge in [0.05, 0.1) is 36.6 Å². The predicted octanol–water partition coefficient (Wildman–Crippen LogP) is 8.11. The summed E-state index contributed by atoms with van der Waals surface area (Å²) in [6.07, 6.45) is 4.38. The molecule has 5 rings (SSSR count). The fraction of sp³-hybridized carbons (Fsp3) is 0.424. The minimum Gasteiger partial charge on any atom is -0.500 e. The summed E-state index contributed by atoms with van der Waals surface area (Å²) in [6, 6.07) is 8.46. The lowest BCUT2D eigenvalue weighted by Gasteiger charge is -2.23. The van der Waals surface area contributed by atoms with Crippen LogP contribution < -0.4 is 4.74 Å². The molecule has 1 aromatic heterocycles. The highest BCUT2D eigenvalue weighted by atomic mass is 19.4. The lowest BCUT2D eigenvalue weighted by Crippen LogP contribution is -2.28. The Hall–Kier alpha value is -3.75. The molecule has 0 spiro atoms. The van der Waals surface area contributed by atoms with Gasteiger partial charge in [0.1, 0.15) is 28.5 Å². The lowest BCUT2D eigenvalue weighted by atomic mass is 9.90. The molecule has 2 aliphatic carbocycles. The number of Topliss-reactive ketones (excluding diaryl/α,β-unsaturated/α-hetero) is 1. The molecule has 0 N–H and O–H groups in total. The van der Waals surface area contributed by atoms with Crippen molar-refractivity contribution in [2.75, 3.05) is 13.7 Å². The number of halogens is 4. The van der Waals surface area contributed by atoms with E-state index in [2.05, 4.69) is 16.9 Å². The number of methoxy groups -OCH3 is 1. The van der Waals surface area contributed by atoms with Crippen LogP contribution in [0, 0.1) is 16.6 Å². The quantitative estimate of drug-likeness (QED) is 0.116. The zero-order valence-electron chi connectivity index (χ0n) is 24.0. The van der Waals surface area contributed by atoms with Gasteiger partial charge in [-0.05, 0) is 61.9 Å².